The van der Waals surface area contributed by atoms with Crippen molar-refractivity contribution in [3.63, 3.8) is 0 Å². The zero-order valence-electron chi connectivity index (χ0n) is 14.3. The molecule has 0 saturated heterocycles. The van der Waals surface area contributed by atoms with E-state index in [4.69, 9.17) is 0 Å². The SMILES string of the molecule is N#CC(C(=O)c1ccccc1C(F)(F)F)c1nc(C2=C(F)C=C=CC=C2F)cs1. The Morgan fingerprint density at radius 2 is 1.97 bits per heavy atom. The molecule has 0 N–H and O–H groups in total. The van der Waals surface area contributed by atoms with Crippen LogP contribution < -0.4 is 0 Å². The van der Waals surface area contributed by atoms with Crippen molar-refractivity contribution in [1.82, 2.24) is 4.98 Å². The highest BCUT2D eigenvalue weighted by molar-refractivity contribution is 7.10. The van der Waals surface area contributed by atoms with E-state index in [1.165, 1.54) is 11.4 Å². The minimum absolute atomic E-state index is 0.168. The fraction of sp³-hybridized carbons (Fsp3) is 0.100. The third-order valence-electron chi connectivity index (χ3n) is 3.93. The number of halogens is 5. The van der Waals surface area contributed by atoms with Gasteiger partial charge in [0.1, 0.15) is 16.7 Å². The van der Waals surface area contributed by atoms with Crippen molar-refractivity contribution >= 4 is 22.7 Å². The summed E-state index contributed by atoms with van der Waals surface area (Å²) in [6, 6.07) is 5.71. The lowest BCUT2D eigenvalue weighted by molar-refractivity contribution is -0.137. The quantitative estimate of drug-likeness (QED) is 0.351. The van der Waals surface area contributed by atoms with E-state index in [0.717, 1.165) is 47.8 Å². The van der Waals surface area contributed by atoms with E-state index in [1.54, 1.807) is 6.07 Å². The third-order valence-corrected chi connectivity index (χ3v) is 4.84. The van der Waals surface area contributed by atoms with Crippen LogP contribution in [0.25, 0.3) is 5.57 Å². The van der Waals surface area contributed by atoms with E-state index in [2.05, 4.69) is 10.7 Å². The number of carbonyl (C=O) groups is 1. The number of hydrogen-bond donors (Lipinski definition) is 0. The lowest BCUT2D eigenvalue weighted by atomic mass is 9.95. The van der Waals surface area contributed by atoms with Gasteiger partial charge in [-0.2, -0.15) is 18.4 Å². The van der Waals surface area contributed by atoms with Gasteiger partial charge in [0.25, 0.3) is 0 Å². The first-order valence-corrected chi connectivity index (χ1v) is 8.86. The molecule has 2 aromatic rings. The summed E-state index contributed by atoms with van der Waals surface area (Å²) in [6.45, 7) is 0. The minimum Gasteiger partial charge on any atom is -0.292 e. The van der Waals surface area contributed by atoms with Crippen LogP contribution in [-0.4, -0.2) is 10.8 Å². The summed E-state index contributed by atoms with van der Waals surface area (Å²) in [5, 5.41) is 10.5. The highest BCUT2D eigenvalue weighted by Crippen LogP contribution is 2.36. The zero-order chi connectivity index (χ0) is 21.2. The van der Waals surface area contributed by atoms with Crippen molar-refractivity contribution in [2.24, 2.45) is 0 Å². The predicted octanol–water partition coefficient (Wildman–Crippen LogP) is 5.91. The molecular formula is C20H9F5N2OS. The van der Waals surface area contributed by atoms with E-state index in [-0.39, 0.29) is 10.7 Å². The van der Waals surface area contributed by atoms with Crippen LogP contribution in [0.5, 0.6) is 0 Å². The molecule has 3 rings (SSSR count). The second kappa shape index (κ2) is 7.95. The van der Waals surface area contributed by atoms with Crippen LogP contribution in [0.3, 0.4) is 0 Å². The average molecular weight is 420 g/mol. The highest BCUT2D eigenvalue weighted by Gasteiger charge is 2.37. The van der Waals surface area contributed by atoms with Crippen LogP contribution in [0.2, 0.25) is 0 Å². The number of nitriles is 1. The monoisotopic (exact) mass is 420 g/mol. The van der Waals surface area contributed by atoms with Gasteiger partial charge in [0.15, 0.2) is 11.7 Å². The summed E-state index contributed by atoms with van der Waals surface area (Å²) < 4.78 is 67.8. The topological polar surface area (TPSA) is 53.8 Å². The number of carbonyl (C=O) groups excluding carboxylic acids is 1. The lowest BCUT2D eigenvalue weighted by Crippen LogP contribution is -2.17. The first kappa shape index (κ1) is 20.4. The van der Waals surface area contributed by atoms with E-state index in [0.29, 0.717) is 0 Å². The second-order valence-electron chi connectivity index (χ2n) is 5.76. The summed E-state index contributed by atoms with van der Waals surface area (Å²) in [4.78, 5) is 16.6. The number of benzene rings is 1. The molecule has 0 amide bonds. The van der Waals surface area contributed by atoms with Crippen molar-refractivity contribution < 1.29 is 26.7 Å². The van der Waals surface area contributed by atoms with Crippen molar-refractivity contribution in [3.8, 4) is 6.07 Å². The molecule has 0 fully saturated rings. The second-order valence-corrected chi connectivity index (χ2v) is 6.65. The van der Waals surface area contributed by atoms with Gasteiger partial charge in [-0.05, 0) is 18.2 Å². The summed E-state index contributed by atoms with van der Waals surface area (Å²) in [7, 11) is 0. The number of thiazole rings is 1. The van der Waals surface area contributed by atoms with Gasteiger partial charge in [-0.1, -0.05) is 18.2 Å². The molecule has 9 heteroatoms. The van der Waals surface area contributed by atoms with E-state index in [9.17, 15) is 32.0 Å². The Hall–Kier alpha value is -3.34. The molecule has 29 heavy (non-hydrogen) atoms. The molecule has 0 saturated carbocycles. The molecule has 1 aliphatic carbocycles. The van der Waals surface area contributed by atoms with Crippen LogP contribution in [-0.2, 0) is 6.18 Å². The van der Waals surface area contributed by atoms with Crippen molar-refractivity contribution in [2.45, 2.75) is 12.1 Å². The summed E-state index contributed by atoms with van der Waals surface area (Å²) >= 11 is 0.748. The zero-order valence-corrected chi connectivity index (χ0v) is 15.1. The number of Topliss-reactive ketones (excluding diaryl/α,β-unsaturated/α-hetero) is 1. The van der Waals surface area contributed by atoms with E-state index in [1.807, 2.05) is 0 Å². The molecule has 1 aromatic carbocycles. The van der Waals surface area contributed by atoms with E-state index >= 15 is 0 Å². The largest absolute Gasteiger partial charge is 0.417 e. The first-order chi connectivity index (χ1) is 13.7. The Morgan fingerprint density at radius 3 is 2.66 bits per heavy atom. The lowest BCUT2D eigenvalue weighted by Gasteiger charge is -2.13. The Labute approximate surface area is 165 Å². The molecule has 0 spiro atoms. The molecule has 0 aliphatic heterocycles. The third kappa shape index (κ3) is 4.09. The molecular weight excluding hydrogens is 411 g/mol. The standard InChI is InChI=1S/C20H9F5N2OS/c21-14-7-3-4-8-15(22)17(14)16-10-29-19(27-16)12(9-26)18(28)11-5-1-2-6-13(11)20(23,24)25/h1-3,5-8,10,12H. The van der Waals surface area contributed by atoms with Gasteiger partial charge in [0, 0.05) is 17.0 Å². The van der Waals surface area contributed by atoms with Crippen molar-refractivity contribution in [3.05, 3.63) is 87.1 Å². The first-order valence-electron chi connectivity index (χ1n) is 7.98. The van der Waals surface area contributed by atoms with Gasteiger partial charge in [0.05, 0.1) is 22.9 Å². The highest BCUT2D eigenvalue weighted by atomic mass is 32.1. The van der Waals surface area contributed by atoms with Crippen LogP contribution in [0.4, 0.5) is 22.0 Å². The molecule has 146 valence electrons. The number of rotatable bonds is 4. The maximum Gasteiger partial charge on any atom is 0.417 e. The van der Waals surface area contributed by atoms with Crippen LogP contribution in [0.15, 0.2) is 65.3 Å². The van der Waals surface area contributed by atoms with Crippen molar-refractivity contribution in [1.29, 1.82) is 5.26 Å². The van der Waals surface area contributed by atoms with Crippen LogP contribution >= 0.6 is 11.3 Å². The van der Waals surface area contributed by atoms with Gasteiger partial charge in [0.2, 0.25) is 0 Å². The van der Waals surface area contributed by atoms with Gasteiger partial charge in [-0.25, -0.2) is 13.8 Å². The average Bonchev–Trinajstić information content (AvgIpc) is 3.07. The summed E-state index contributed by atoms with van der Waals surface area (Å²) in [5.74, 6) is -4.67. The van der Waals surface area contributed by atoms with Gasteiger partial charge < -0.3 is 0 Å². The fourth-order valence-corrected chi connectivity index (χ4v) is 3.47. The molecule has 1 aromatic heterocycles. The molecule has 0 bridgehead atoms. The number of alkyl halides is 3. The normalized spacial score (nSPS) is 15.0. The Morgan fingerprint density at radius 1 is 1.24 bits per heavy atom. The smallest absolute Gasteiger partial charge is 0.292 e. The maximum absolute atomic E-state index is 14.1. The molecule has 3 nitrogen and oxygen atoms in total. The van der Waals surface area contributed by atoms with Gasteiger partial charge in [-0.3, -0.25) is 4.79 Å². The number of allylic oxidation sites excluding steroid dienone is 5. The predicted molar refractivity (Wildman–Crippen MR) is 96.1 cm³/mol. The van der Waals surface area contributed by atoms with E-state index < -0.39 is 46.2 Å². The molecule has 0 radical (unpaired) electrons. The van der Waals surface area contributed by atoms with Crippen LogP contribution in [0.1, 0.15) is 32.5 Å². The minimum atomic E-state index is -4.79. The molecule has 1 heterocycles. The summed E-state index contributed by atoms with van der Waals surface area (Å²) in [5.41, 5.74) is -0.135. The van der Waals surface area contributed by atoms with Crippen LogP contribution in [0, 0.1) is 11.3 Å². The maximum atomic E-state index is 14.1. The number of nitrogens with zero attached hydrogens (tertiary/aromatic N) is 2. The van der Waals surface area contributed by atoms with Gasteiger partial charge >= 0.3 is 6.18 Å². The Balaban J connectivity index is 2.01. The number of hydrogen-bond acceptors (Lipinski definition) is 4. The fourth-order valence-electron chi connectivity index (χ4n) is 2.62. The van der Waals surface area contributed by atoms with Gasteiger partial charge in [-0.15, -0.1) is 17.1 Å². The number of ketones is 1. The number of aromatic nitrogens is 1. The van der Waals surface area contributed by atoms with Crippen molar-refractivity contribution in [2.75, 3.05) is 0 Å². The Bertz CT molecular complexity index is 1140. The Kier molecular flexibility index (Phi) is 5.59. The molecule has 1 unspecified atom stereocenters. The molecule has 1 aliphatic rings. The summed E-state index contributed by atoms with van der Waals surface area (Å²) in [6.07, 6.45) is -1.78. The molecule has 1 atom stereocenters.